The van der Waals surface area contributed by atoms with E-state index in [1.807, 2.05) is 45.9 Å². The molecule has 2 rings (SSSR count). The van der Waals surface area contributed by atoms with E-state index >= 15 is 0 Å². The minimum absolute atomic E-state index is 0.121. The van der Waals surface area contributed by atoms with Crippen molar-refractivity contribution in [3.05, 3.63) is 34.9 Å². The lowest BCUT2D eigenvalue weighted by Gasteiger charge is -2.38. The predicted octanol–water partition coefficient (Wildman–Crippen LogP) is 7.14. The Labute approximate surface area is 243 Å². The fraction of sp³-hybridized carbons (Fsp3) is 0.727. The number of benzene rings is 1. The zero-order valence-electron chi connectivity index (χ0n) is 26.4. The second kappa shape index (κ2) is 16.0. The summed E-state index contributed by atoms with van der Waals surface area (Å²) < 4.78 is 5.54. The van der Waals surface area contributed by atoms with Crippen LogP contribution in [0.15, 0.2) is 18.2 Å². The average molecular weight is 558 g/mol. The van der Waals surface area contributed by atoms with Crippen LogP contribution in [0.4, 0.5) is 4.79 Å². The third-order valence-corrected chi connectivity index (χ3v) is 8.01. The number of nitrogens with one attached hydrogen (secondary N) is 2. The lowest BCUT2D eigenvalue weighted by molar-refractivity contribution is -0.144. The summed E-state index contributed by atoms with van der Waals surface area (Å²) in [5, 5.41) is 6.20. The summed E-state index contributed by atoms with van der Waals surface area (Å²) in [4.78, 5) is 43.3. The Morgan fingerprint density at radius 3 is 2.17 bits per heavy atom. The molecule has 0 aromatic heterocycles. The van der Waals surface area contributed by atoms with E-state index in [1.54, 1.807) is 25.7 Å². The molecule has 3 atom stereocenters. The summed E-state index contributed by atoms with van der Waals surface area (Å²) in [6.45, 7) is 16.0. The van der Waals surface area contributed by atoms with Crippen LogP contribution in [0.25, 0.3) is 0 Å². The third-order valence-electron chi connectivity index (χ3n) is 8.01. The van der Waals surface area contributed by atoms with Gasteiger partial charge in [-0.05, 0) is 76.5 Å². The van der Waals surface area contributed by atoms with Gasteiger partial charge in [-0.2, -0.15) is 0 Å². The number of nitrogens with zero attached hydrogens (tertiary/aromatic N) is 1. The Morgan fingerprint density at radius 1 is 1.00 bits per heavy atom. The second-order valence-electron chi connectivity index (χ2n) is 12.7. The molecule has 40 heavy (non-hydrogen) atoms. The molecule has 0 radical (unpaired) electrons. The molecule has 0 spiro atoms. The Bertz CT molecular complexity index is 945. The van der Waals surface area contributed by atoms with Crippen LogP contribution in [0.3, 0.4) is 0 Å². The van der Waals surface area contributed by atoms with Crippen molar-refractivity contribution in [1.82, 2.24) is 15.5 Å². The van der Waals surface area contributed by atoms with Crippen LogP contribution in [0.5, 0.6) is 0 Å². The van der Waals surface area contributed by atoms with Gasteiger partial charge in [-0.1, -0.05) is 83.9 Å². The zero-order chi connectivity index (χ0) is 29.9. The third kappa shape index (κ3) is 10.1. The molecule has 1 fully saturated rings. The van der Waals surface area contributed by atoms with Crippen molar-refractivity contribution in [1.29, 1.82) is 0 Å². The van der Waals surface area contributed by atoms with Crippen molar-refractivity contribution >= 4 is 17.9 Å². The number of amides is 3. The highest BCUT2D eigenvalue weighted by atomic mass is 16.6. The largest absolute Gasteiger partial charge is 0.444 e. The van der Waals surface area contributed by atoms with Crippen molar-refractivity contribution < 1.29 is 19.1 Å². The summed E-state index contributed by atoms with van der Waals surface area (Å²) in [5.41, 5.74) is 2.15. The van der Waals surface area contributed by atoms with E-state index in [-0.39, 0.29) is 23.8 Å². The van der Waals surface area contributed by atoms with Gasteiger partial charge < -0.3 is 20.3 Å². The maximum atomic E-state index is 14.5. The topological polar surface area (TPSA) is 87.7 Å². The number of unbranched alkanes of at least 4 members (excludes halogenated alkanes) is 3. The first-order valence-corrected chi connectivity index (χ1v) is 15.6. The number of aryl methyl sites for hydroxylation is 2. The standard InChI is InChI=1S/C33H55N3O4/c1-9-11-12-16-22-36(31(38)28(23(3)10-2)35-32(39)40-33(6,7)8)29(27-24(4)18-17-19-25(27)5)30(37)34-26-20-14-13-15-21-26/h17-19,23,26,28-29H,9-16,20-22H2,1-8H3,(H,34,37)(H,35,39). The normalized spacial score (nSPS) is 16.5. The van der Waals surface area contributed by atoms with Gasteiger partial charge in [0.25, 0.3) is 0 Å². The smallest absolute Gasteiger partial charge is 0.408 e. The lowest BCUT2D eigenvalue weighted by Crippen LogP contribution is -2.56. The molecule has 7 nitrogen and oxygen atoms in total. The number of ether oxygens (including phenoxy) is 1. The molecule has 0 heterocycles. The SMILES string of the molecule is CCCCCCN(C(=O)C(NC(=O)OC(C)(C)C)C(C)CC)C(C(=O)NC1CCCCC1)c1c(C)cccc1C. The summed E-state index contributed by atoms with van der Waals surface area (Å²) >= 11 is 0. The van der Waals surface area contributed by atoms with Gasteiger partial charge in [-0.3, -0.25) is 9.59 Å². The molecule has 1 aliphatic carbocycles. The molecule has 0 saturated heterocycles. The molecule has 2 N–H and O–H groups in total. The molecule has 3 amide bonds. The van der Waals surface area contributed by atoms with Crippen molar-refractivity contribution in [2.24, 2.45) is 5.92 Å². The zero-order valence-corrected chi connectivity index (χ0v) is 26.4. The monoisotopic (exact) mass is 557 g/mol. The van der Waals surface area contributed by atoms with E-state index in [0.717, 1.165) is 68.1 Å². The van der Waals surface area contributed by atoms with E-state index in [0.29, 0.717) is 13.0 Å². The van der Waals surface area contributed by atoms with Gasteiger partial charge in [0, 0.05) is 12.6 Å². The molecule has 3 unspecified atom stereocenters. The van der Waals surface area contributed by atoms with Crippen LogP contribution in [0.2, 0.25) is 0 Å². The fourth-order valence-corrected chi connectivity index (χ4v) is 5.59. The second-order valence-corrected chi connectivity index (χ2v) is 12.7. The van der Waals surface area contributed by atoms with Gasteiger partial charge in [-0.15, -0.1) is 0 Å². The average Bonchev–Trinajstić information content (AvgIpc) is 2.89. The number of carbonyl (C=O) groups excluding carboxylic acids is 3. The van der Waals surface area contributed by atoms with Gasteiger partial charge >= 0.3 is 6.09 Å². The van der Waals surface area contributed by atoms with E-state index in [2.05, 4.69) is 17.6 Å². The Kier molecular flexibility index (Phi) is 13.5. The maximum absolute atomic E-state index is 14.5. The molecular formula is C33H55N3O4. The molecule has 7 heteroatoms. The quantitative estimate of drug-likeness (QED) is 0.252. The van der Waals surface area contributed by atoms with E-state index in [1.165, 1.54) is 6.42 Å². The maximum Gasteiger partial charge on any atom is 0.408 e. The minimum atomic E-state index is -0.805. The van der Waals surface area contributed by atoms with Gasteiger partial charge in [0.1, 0.15) is 17.7 Å². The molecule has 0 aliphatic heterocycles. The fourth-order valence-electron chi connectivity index (χ4n) is 5.59. The van der Waals surface area contributed by atoms with Gasteiger partial charge in [0.05, 0.1) is 0 Å². The highest BCUT2D eigenvalue weighted by Gasteiger charge is 2.39. The molecule has 1 aliphatic rings. The predicted molar refractivity (Wildman–Crippen MR) is 162 cm³/mol. The highest BCUT2D eigenvalue weighted by Crippen LogP contribution is 2.31. The molecule has 1 saturated carbocycles. The lowest BCUT2D eigenvalue weighted by atomic mass is 9.90. The summed E-state index contributed by atoms with van der Waals surface area (Å²) in [6.07, 6.45) is 9.31. The van der Waals surface area contributed by atoms with Crippen molar-refractivity contribution in [3.63, 3.8) is 0 Å². The Morgan fingerprint density at radius 2 is 1.62 bits per heavy atom. The molecule has 1 aromatic carbocycles. The van der Waals surface area contributed by atoms with Crippen molar-refractivity contribution in [3.8, 4) is 0 Å². The first kappa shape index (κ1) is 33.6. The molecule has 0 bridgehead atoms. The van der Waals surface area contributed by atoms with Crippen LogP contribution >= 0.6 is 0 Å². The summed E-state index contributed by atoms with van der Waals surface area (Å²) in [7, 11) is 0. The van der Waals surface area contributed by atoms with Crippen LogP contribution in [-0.4, -0.2) is 47.0 Å². The van der Waals surface area contributed by atoms with Crippen molar-refractivity contribution in [2.45, 2.75) is 143 Å². The Hall–Kier alpha value is -2.57. The number of hydrogen-bond acceptors (Lipinski definition) is 4. The van der Waals surface area contributed by atoms with Gasteiger partial charge in [0.15, 0.2) is 0 Å². The van der Waals surface area contributed by atoms with E-state index in [4.69, 9.17) is 4.74 Å². The summed E-state index contributed by atoms with van der Waals surface area (Å²) in [6, 6.07) is 4.55. The number of alkyl carbamates (subject to hydrolysis) is 1. The number of carbonyl (C=O) groups is 3. The van der Waals surface area contributed by atoms with E-state index in [9.17, 15) is 14.4 Å². The number of rotatable bonds is 13. The highest BCUT2D eigenvalue weighted by molar-refractivity contribution is 5.92. The van der Waals surface area contributed by atoms with Crippen LogP contribution in [-0.2, 0) is 14.3 Å². The van der Waals surface area contributed by atoms with Crippen LogP contribution < -0.4 is 10.6 Å². The first-order chi connectivity index (χ1) is 18.9. The van der Waals surface area contributed by atoms with Crippen LogP contribution in [0, 0.1) is 19.8 Å². The minimum Gasteiger partial charge on any atom is -0.444 e. The number of hydrogen-bond donors (Lipinski definition) is 2. The van der Waals surface area contributed by atoms with Crippen molar-refractivity contribution in [2.75, 3.05) is 6.54 Å². The first-order valence-electron chi connectivity index (χ1n) is 15.6. The van der Waals surface area contributed by atoms with Gasteiger partial charge in [-0.25, -0.2) is 4.79 Å². The molecule has 1 aromatic rings. The van der Waals surface area contributed by atoms with Gasteiger partial charge in [0.2, 0.25) is 11.8 Å². The summed E-state index contributed by atoms with van der Waals surface area (Å²) in [5.74, 6) is -0.505. The molecule has 226 valence electrons. The van der Waals surface area contributed by atoms with Crippen LogP contribution in [0.1, 0.15) is 128 Å². The van der Waals surface area contributed by atoms with E-state index < -0.39 is 23.8 Å². The molecular weight excluding hydrogens is 502 g/mol. The Balaban J connectivity index is 2.55.